The maximum Gasteiger partial charge on any atom is 0.343 e. The molecule has 0 aromatic rings. The van der Waals surface area contributed by atoms with Crippen LogP contribution < -0.4 is 0 Å². The van der Waals surface area contributed by atoms with Crippen molar-refractivity contribution >= 4 is 12.2 Å². The molecule has 0 fully saturated rings. The lowest BCUT2D eigenvalue weighted by molar-refractivity contribution is -0.144. The Bertz CT molecular complexity index is 974. The molecule has 0 aliphatic carbocycles. The van der Waals surface area contributed by atoms with Crippen LogP contribution in [0.4, 0.5) is 0 Å². The van der Waals surface area contributed by atoms with E-state index in [2.05, 4.69) is 92.3 Å². The fraction of sp³-hybridized carbons (Fsp3) is 0.804. The zero-order chi connectivity index (χ0) is 40.6. The lowest BCUT2D eigenvalue weighted by Gasteiger charge is -2.39. The van der Waals surface area contributed by atoms with E-state index in [0.29, 0.717) is 0 Å². The molecule has 0 amide bonds. The third kappa shape index (κ3) is 27.6. The second-order valence-electron chi connectivity index (χ2n) is 16.9. The van der Waals surface area contributed by atoms with Gasteiger partial charge in [0.2, 0.25) is 6.17 Å². The predicted octanol–water partition coefficient (Wildman–Crippen LogP) is 15.2. The SMILES string of the molecule is CCCCC/C=C\C/C=C\CCCCCCCCC1(CCCCCCCC/C=C\C/C=C\CCCCC)C=NC(C(=O)O)N1CCCN(CCCC)CCCC. The maximum absolute atomic E-state index is 12.5. The van der Waals surface area contributed by atoms with E-state index in [1.165, 1.54) is 154 Å². The van der Waals surface area contributed by atoms with Gasteiger partial charge in [0.25, 0.3) is 0 Å². The molecule has 5 nitrogen and oxygen atoms in total. The predicted molar refractivity (Wildman–Crippen MR) is 248 cm³/mol. The molecule has 324 valence electrons. The van der Waals surface area contributed by atoms with Gasteiger partial charge in [-0.25, -0.2) is 4.79 Å². The first-order valence-electron chi connectivity index (χ1n) is 24.4. The van der Waals surface area contributed by atoms with Gasteiger partial charge in [0.15, 0.2) is 0 Å². The molecule has 0 bridgehead atoms. The number of carboxylic acids is 1. The van der Waals surface area contributed by atoms with E-state index >= 15 is 0 Å². The Balaban J connectivity index is 2.61. The van der Waals surface area contributed by atoms with Gasteiger partial charge >= 0.3 is 5.97 Å². The lowest BCUT2D eigenvalue weighted by atomic mass is 9.85. The van der Waals surface area contributed by atoms with Gasteiger partial charge in [-0.15, -0.1) is 0 Å². The van der Waals surface area contributed by atoms with E-state index in [-0.39, 0.29) is 5.54 Å². The van der Waals surface area contributed by atoms with Crippen LogP contribution in [-0.2, 0) is 4.79 Å². The molecule has 56 heavy (non-hydrogen) atoms. The van der Waals surface area contributed by atoms with Gasteiger partial charge in [-0.2, -0.15) is 0 Å². The lowest BCUT2D eigenvalue weighted by Crippen LogP contribution is -2.52. The topological polar surface area (TPSA) is 56.1 Å². The second-order valence-corrected chi connectivity index (χ2v) is 16.9. The van der Waals surface area contributed by atoms with Crippen LogP contribution >= 0.6 is 0 Å². The van der Waals surface area contributed by atoms with Crippen molar-refractivity contribution in [2.24, 2.45) is 4.99 Å². The van der Waals surface area contributed by atoms with Crippen LogP contribution in [0.15, 0.2) is 53.6 Å². The molecule has 1 aliphatic rings. The molecule has 0 saturated heterocycles. The Kier molecular flexibility index (Phi) is 35.8. The molecular formula is C51H93N3O2. The number of rotatable bonds is 41. The largest absolute Gasteiger partial charge is 0.479 e. The molecular weight excluding hydrogens is 687 g/mol. The van der Waals surface area contributed by atoms with E-state index in [1.54, 1.807) is 0 Å². The molecule has 0 radical (unpaired) electrons. The van der Waals surface area contributed by atoms with Crippen molar-refractivity contribution in [3.63, 3.8) is 0 Å². The van der Waals surface area contributed by atoms with Crippen LogP contribution in [0.3, 0.4) is 0 Å². The summed E-state index contributed by atoms with van der Waals surface area (Å²) in [6.07, 6.45) is 58.0. The highest BCUT2D eigenvalue weighted by molar-refractivity contribution is 5.82. The minimum absolute atomic E-state index is 0.217. The minimum Gasteiger partial charge on any atom is -0.479 e. The van der Waals surface area contributed by atoms with Gasteiger partial charge in [-0.1, -0.05) is 179 Å². The summed E-state index contributed by atoms with van der Waals surface area (Å²) in [6.45, 7) is 13.2. The molecule has 0 saturated carbocycles. The quantitative estimate of drug-likeness (QED) is 0.0496. The maximum atomic E-state index is 12.5. The standard InChI is InChI=1S/C51H93N3O2/c1-5-9-13-15-17-19-21-23-25-27-29-31-33-35-37-39-42-51(43-40-38-36-34-32-30-28-26-24-22-20-18-16-14-10-6-2)48-52-49(50(55)56)54(51)47-41-46-53(44-11-7-3)45-12-8-4/h17-20,23-26,48-49H,5-16,21-22,27-47H2,1-4H3,(H,55,56)/b19-17-,20-18-,25-23-,26-24-. The van der Waals surface area contributed by atoms with Crippen LogP contribution in [0.2, 0.25) is 0 Å². The number of aliphatic carboxylic acids is 1. The molecule has 1 rings (SSSR count). The number of hydrogen-bond acceptors (Lipinski definition) is 4. The summed E-state index contributed by atoms with van der Waals surface area (Å²) >= 11 is 0. The molecule has 1 heterocycles. The van der Waals surface area contributed by atoms with Crippen molar-refractivity contribution in [3.05, 3.63) is 48.6 Å². The number of carboxylic acid groups (broad SMARTS) is 1. The Morgan fingerprint density at radius 2 is 0.911 bits per heavy atom. The first-order valence-corrected chi connectivity index (χ1v) is 24.4. The Hall–Kier alpha value is -1.98. The molecule has 0 spiro atoms. The van der Waals surface area contributed by atoms with Crippen molar-refractivity contribution in [2.45, 2.75) is 238 Å². The van der Waals surface area contributed by atoms with Gasteiger partial charge in [0.05, 0.1) is 5.54 Å². The summed E-state index contributed by atoms with van der Waals surface area (Å²) < 4.78 is 0. The highest BCUT2D eigenvalue weighted by Gasteiger charge is 2.45. The van der Waals surface area contributed by atoms with Crippen LogP contribution in [0.25, 0.3) is 0 Å². The fourth-order valence-corrected chi connectivity index (χ4v) is 8.09. The third-order valence-electron chi connectivity index (χ3n) is 11.7. The normalized spacial score (nSPS) is 16.1. The van der Waals surface area contributed by atoms with Crippen molar-refractivity contribution < 1.29 is 9.90 Å². The van der Waals surface area contributed by atoms with Gasteiger partial charge in [0, 0.05) is 12.8 Å². The monoisotopic (exact) mass is 780 g/mol. The summed E-state index contributed by atoms with van der Waals surface area (Å²) in [7, 11) is 0. The van der Waals surface area contributed by atoms with Crippen LogP contribution in [0.5, 0.6) is 0 Å². The number of carbonyl (C=O) groups is 1. The summed E-state index contributed by atoms with van der Waals surface area (Å²) in [5.74, 6) is -0.786. The highest BCUT2D eigenvalue weighted by atomic mass is 16.4. The Labute approximate surface area is 349 Å². The van der Waals surface area contributed by atoms with Crippen molar-refractivity contribution in [2.75, 3.05) is 26.2 Å². The average Bonchev–Trinajstić information content (AvgIpc) is 3.56. The fourth-order valence-electron chi connectivity index (χ4n) is 8.09. The molecule has 0 aromatic carbocycles. The van der Waals surface area contributed by atoms with E-state index < -0.39 is 12.1 Å². The van der Waals surface area contributed by atoms with Crippen LogP contribution in [0.1, 0.15) is 227 Å². The number of allylic oxidation sites excluding steroid dienone is 8. The zero-order valence-corrected chi connectivity index (χ0v) is 37.7. The Morgan fingerprint density at radius 1 is 0.536 bits per heavy atom. The minimum atomic E-state index is -0.786. The number of aliphatic imine (C=N–C) groups is 1. The van der Waals surface area contributed by atoms with Gasteiger partial charge in [0.1, 0.15) is 0 Å². The summed E-state index contributed by atoms with van der Waals surface area (Å²) in [6, 6.07) is 0. The summed E-state index contributed by atoms with van der Waals surface area (Å²) in [5.41, 5.74) is -0.217. The van der Waals surface area contributed by atoms with Gasteiger partial charge in [-0.3, -0.25) is 9.89 Å². The molecule has 1 unspecified atom stereocenters. The van der Waals surface area contributed by atoms with Crippen molar-refractivity contribution in [1.82, 2.24) is 9.80 Å². The third-order valence-corrected chi connectivity index (χ3v) is 11.7. The first kappa shape index (κ1) is 52.0. The second kappa shape index (κ2) is 38.5. The van der Waals surface area contributed by atoms with E-state index in [9.17, 15) is 9.90 Å². The van der Waals surface area contributed by atoms with Crippen molar-refractivity contribution in [3.8, 4) is 0 Å². The molecule has 1 aliphatic heterocycles. The Morgan fingerprint density at radius 3 is 1.32 bits per heavy atom. The van der Waals surface area contributed by atoms with E-state index in [4.69, 9.17) is 4.99 Å². The summed E-state index contributed by atoms with van der Waals surface area (Å²) in [4.78, 5) is 22.2. The van der Waals surface area contributed by atoms with Crippen LogP contribution in [-0.4, -0.2) is 65.0 Å². The molecule has 5 heteroatoms. The molecule has 0 aromatic heterocycles. The number of nitrogens with zero attached hydrogens (tertiary/aromatic N) is 3. The van der Waals surface area contributed by atoms with E-state index in [0.717, 1.165) is 71.1 Å². The zero-order valence-electron chi connectivity index (χ0n) is 37.7. The number of unbranched alkanes of at least 4 members (excludes halogenated alkanes) is 20. The van der Waals surface area contributed by atoms with Crippen molar-refractivity contribution in [1.29, 1.82) is 0 Å². The smallest absolute Gasteiger partial charge is 0.343 e. The first-order chi connectivity index (χ1) is 27.5. The van der Waals surface area contributed by atoms with Gasteiger partial charge in [-0.05, 0) is 116 Å². The average molecular weight is 780 g/mol. The van der Waals surface area contributed by atoms with Crippen LogP contribution in [0, 0.1) is 0 Å². The van der Waals surface area contributed by atoms with E-state index in [1.807, 2.05) is 0 Å². The summed E-state index contributed by atoms with van der Waals surface area (Å²) in [5, 5.41) is 10.3. The molecule has 1 atom stereocenters. The molecule has 1 N–H and O–H groups in total. The van der Waals surface area contributed by atoms with Gasteiger partial charge < -0.3 is 10.0 Å². The highest BCUT2D eigenvalue weighted by Crippen LogP contribution is 2.35. The number of hydrogen-bond donors (Lipinski definition) is 1.